The molecule has 0 aliphatic heterocycles. The molecule has 326 valence electrons. The molecule has 0 amide bonds. The predicted molar refractivity (Wildman–Crippen MR) is 266 cm³/mol. The normalized spacial score (nSPS) is 12.5. The zero-order valence-electron chi connectivity index (χ0n) is 37.7. The highest BCUT2D eigenvalue weighted by Crippen LogP contribution is 2.42. The first-order valence-electron chi connectivity index (χ1n) is 20.9. The Labute approximate surface area is 375 Å². The smallest absolute Gasteiger partial charge is 0.229 e. The van der Waals surface area contributed by atoms with Crippen molar-refractivity contribution in [2.45, 2.75) is 54.4 Å². The average molecular weight is 879 g/mol. The fourth-order valence-corrected chi connectivity index (χ4v) is 10.1. The number of anilines is 8. The predicted octanol–water partition coefficient (Wildman–Crippen LogP) is 12.1. The van der Waals surface area contributed by atoms with Crippen molar-refractivity contribution in [3.8, 4) is 0 Å². The minimum Gasteiger partial charge on any atom is -0.771 e. The van der Waals surface area contributed by atoms with Crippen LogP contribution in [0.15, 0.2) is 121 Å². The van der Waals surface area contributed by atoms with E-state index in [1.54, 1.807) is 0 Å². The van der Waals surface area contributed by atoms with E-state index in [1.807, 2.05) is 59.0 Å². The van der Waals surface area contributed by atoms with Gasteiger partial charge in [0.15, 0.2) is 0 Å². The number of hydrogen-bond acceptors (Lipinski definition) is 8. The summed E-state index contributed by atoms with van der Waals surface area (Å²) in [7, 11) is 0.697. The van der Waals surface area contributed by atoms with Crippen molar-refractivity contribution in [3.63, 3.8) is 0 Å². The summed E-state index contributed by atoms with van der Waals surface area (Å²) in [6.45, 7) is 14.5. The van der Waals surface area contributed by atoms with Gasteiger partial charge in [0.05, 0.1) is 12.1 Å². The molecule has 2 unspecified atom stereocenters. The zero-order valence-corrected chi connectivity index (χ0v) is 39.3. The monoisotopic (exact) mass is 878 g/mol. The van der Waals surface area contributed by atoms with E-state index in [1.165, 1.54) is 22.3 Å². The first kappa shape index (κ1) is 44.9. The van der Waals surface area contributed by atoms with E-state index in [-0.39, 0.29) is 11.8 Å². The van der Waals surface area contributed by atoms with Gasteiger partial charge in [-0.1, -0.05) is 72.3 Å². The molecule has 9 nitrogen and oxygen atoms in total. The molecule has 0 heterocycles. The summed E-state index contributed by atoms with van der Waals surface area (Å²) in [5.74, 6) is -0.257. The number of sulfonamides is 1. The van der Waals surface area contributed by atoms with E-state index in [2.05, 4.69) is 150 Å². The fourth-order valence-electron chi connectivity index (χ4n) is 9.27. The van der Waals surface area contributed by atoms with Crippen LogP contribution in [0.25, 0.3) is 10.8 Å². The van der Waals surface area contributed by atoms with Gasteiger partial charge in [0.2, 0.25) is 10.0 Å². The third-order valence-corrected chi connectivity index (χ3v) is 12.8. The quantitative estimate of drug-likeness (QED) is 0.0730. The van der Waals surface area contributed by atoms with Crippen molar-refractivity contribution >= 4 is 77.4 Å². The van der Waals surface area contributed by atoms with E-state index < -0.39 is 21.1 Å². The molecule has 3 N–H and O–H groups in total. The summed E-state index contributed by atoms with van der Waals surface area (Å²) in [6.07, 6.45) is 1.16. The van der Waals surface area contributed by atoms with Crippen molar-refractivity contribution in [1.29, 1.82) is 0 Å². The molecule has 0 fully saturated rings. The van der Waals surface area contributed by atoms with Gasteiger partial charge in [-0.15, -0.1) is 0 Å². The molecule has 0 aliphatic carbocycles. The number of benzene rings is 7. The SMILES string of the molecule is Cc1cc(C)c(Nc2ccc(C(c3ccc(N(C)c4c(C)cc(NCS(=O)[O-])cc4C)cc3)c3ccc(N(C)c4c(C)cc(NS(C)(=O)=O)cc4C)cc3)c3ccccc23)c(C)c1. The Hall–Kier alpha value is -6.14. The molecule has 2 atom stereocenters. The molecule has 0 saturated carbocycles. The largest absolute Gasteiger partial charge is 0.771 e. The van der Waals surface area contributed by atoms with E-state index in [9.17, 15) is 17.2 Å². The lowest BCUT2D eigenvalue weighted by Gasteiger charge is -2.27. The zero-order chi connectivity index (χ0) is 45.3. The van der Waals surface area contributed by atoms with Crippen LogP contribution in [0.3, 0.4) is 0 Å². The van der Waals surface area contributed by atoms with E-state index in [0.717, 1.165) is 90.2 Å². The van der Waals surface area contributed by atoms with Gasteiger partial charge in [-0.25, -0.2) is 8.42 Å². The van der Waals surface area contributed by atoms with Gasteiger partial charge in [-0.3, -0.25) is 8.93 Å². The first-order valence-corrected chi connectivity index (χ1v) is 24.1. The molecule has 63 heavy (non-hydrogen) atoms. The van der Waals surface area contributed by atoms with Crippen LogP contribution < -0.4 is 25.2 Å². The van der Waals surface area contributed by atoms with Crippen molar-refractivity contribution in [2.24, 2.45) is 0 Å². The standard InChI is InChI=1S/C52H57N5O4S2/c1-32-25-33(2)50(34(3)26-32)54-48-24-23-47(45-13-11-12-14-46(45)48)49(39-15-19-43(20-16-39)56(8)51-35(4)27-41(28-36(51)5)53-31-62(58)59)40-17-21-44(22-18-40)57(9)52-37(6)29-42(30-38(52)7)55-63(10,60)61/h11-30,49,53-55H,31H2,1-10H3,(H,58,59)/p-1. The van der Waals surface area contributed by atoms with Crippen LogP contribution in [-0.4, -0.2) is 43.4 Å². The number of nitrogens with one attached hydrogen (secondary N) is 3. The molecule has 0 aromatic heterocycles. The molecule has 0 bridgehead atoms. The maximum Gasteiger partial charge on any atom is 0.229 e. The lowest BCUT2D eigenvalue weighted by atomic mass is 9.82. The van der Waals surface area contributed by atoms with E-state index in [0.29, 0.717) is 5.69 Å². The van der Waals surface area contributed by atoms with Gasteiger partial charge in [0, 0.05) is 70.9 Å². The summed E-state index contributed by atoms with van der Waals surface area (Å²) < 4.78 is 49.0. The van der Waals surface area contributed by atoms with Gasteiger partial charge >= 0.3 is 0 Å². The van der Waals surface area contributed by atoms with Crippen LogP contribution in [0.2, 0.25) is 0 Å². The van der Waals surface area contributed by atoms with Crippen LogP contribution in [0.1, 0.15) is 61.6 Å². The third kappa shape index (κ3) is 9.91. The summed E-state index contributed by atoms with van der Waals surface area (Å²) >= 11 is -2.19. The highest BCUT2D eigenvalue weighted by Gasteiger charge is 2.23. The Kier molecular flexibility index (Phi) is 13.0. The molecule has 11 heteroatoms. The fraction of sp³-hybridized carbons (Fsp3) is 0.231. The van der Waals surface area contributed by atoms with Gasteiger partial charge < -0.3 is 25.0 Å². The highest BCUT2D eigenvalue weighted by atomic mass is 32.2. The number of fused-ring (bicyclic) bond motifs is 1. The average Bonchev–Trinajstić information content (AvgIpc) is 3.21. The van der Waals surface area contributed by atoms with Crippen LogP contribution in [0.4, 0.5) is 45.5 Å². The minimum absolute atomic E-state index is 0.115. The number of hydrogen-bond donors (Lipinski definition) is 3. The summed E-state index contributed by atoms with van der Waals surface area (Å²) in [4.78, 5) is 4.34. The molecule has 7 aromatic rings. The first-order chi connectivity index (χ1) is 29.9. The molecule has 7 rings (SSSR count). The summed E-state index contributed by atoms with van der Waals surface area (Å²) in [5.41, 5.74) is 18.7. The van der Waals surface area contributed by atoms with Crippen molar-refractivity contribution in [1.82, 2.24) is 0 Å². The lowest BCUT2D eigenvalue weighted by molar-refractivity contribution is 0.539. The second-order valence-corrected chi connectivity index (χ2v) is 19.4. The summed E-state index contributed by atoms with van der Waals surface area (Å²) in [5, 5.41) is 9.09. The second kappa shape index (κ2) is 18.3. The van der Waals surface area contributed by atoms with Crippen molar-refractivity contribution in [2.75, 3.05) is 51.4 Å². The molecule has 0 saturated heterocycles. The minimum atomic E-state index is -3.41. The van der Waals surface area contributed by atoms with Gasteiger partial charge in [0.1, 0.15) is 0 Å². The van der Waals surface area contributed by atoms with Gasteiger partial charge in [0.25, 0.3) is 0 Å². The molecular weight excluding hydrogens is 823 g/mol. The Balaban J connectivity index is 1.29. The lowest BCUT2D eigenvalue weighted by Crippen LogP contribution is -2.15. The Bertz CT molecular complexity index is 2900. The molecule has 7 aromatic carbocycles. The Morgan fingerprint density at radius 1 is 0.603 bits per heavy atom. The maximum atomic E-state index is 12.0. The number of nitrogens with zero attached hydrogens (tertiary/aromatic N) is 2. The Morgan fingerprint density at radius 3 is 1.52 bits per heavy atom. The van der Waals surface area contributed by atoms with E-state index in [4.69, 9.17) is 0 Å². The van der Waals surface area contributed by atoms with Gasteiger partial charge in [-0.2, -0.15) is 0 Å². The number of aryl methyl sites for hydroxylation is 7. The topological polar surface area (TPSA) is 117 Å². The molecule has 0 aliphatic rings. The summed E-state index contributed by atoms with van der Waals surface area (Å²) in [6, 6.07) is 42.8. The second-order valence-electron chi connectivity index (χ2n) is 16.8. The van der Waals surface area contributed by atoms with Gasteiger partial charge in [-0.05, 0) is 170 Å². The van der Waals surface area contributed by atoms with Crippen molar-refractivity contribution in [3.05, 3.63) is 177 Å². The maximum absolute atomic E-state index is 12.0. The molecular formula is C52H56N5O4S2-. The molecule has 0 spiro atoms. The third-order valence-electron chi connectivity index (χ3n) is 11.8. The van der Waals surface area contributed by atoms with Crippen LogP contribution in [-0.2, 0) is 21.1 Å². The van der Waals surface area contributed by atoms with Crippen LogP contribution in [0.5, 0.6) is 0 Å². The highest BCUT2D eigenvalue weighted by molar-refractivity contribution is 7.92. The Morgan fingerprint density at radius 2 is 1.06 bits per heavy atom. The van der Waals surface area contributed by atoms with Crippen LogP contribution in [0, 0.1) is 48.5 Å². The van der Waals surface area contributed by atoms with Crippen LogP contribution >= 0.6 is 0 Å². The van der Waals surface area contributed by atoms with E-state index >= 15 is 0 Å². The number of rotatable bonds is 14. The molecule has 0 radical (unpaired) electrons. The van der Waals surface area contributed by atoms with Crippen molar-refractivity contribution < 1.29 is 17.2 Å².